The van der Waals surface area contributed by atoms with Crippen LogP contribution in [0.2, 0.25) is 0 Å². The van der Waals surface area contributed by atoms with Gasteiger partial charge in [-0.05, 0) is 25.1 Å². The van der Waals surface area contributed by atoms with Gasteiger partial charge in [0.1, 0.15) is 5.82 Å². The van der Waals surface area contributed by atoms with Crippen molar-refractivity contribution in [2.45, 2.75) is 6.92 Å². The number of methoxy groups -OCH3 is 2. The average Bonchev–Trinajstić information content (AvgIpc) is 3.11. The summed E-state index contributed by atoms with van der Waals surface area (Å²) in [6, 6.07) is 9.87. The Hall–Kier alpha value is -2.80. The van der Waals surface area contributed by atoms with Crippen molar-refractivity contribution in [1.29, 1.82) is 0 Å². The topological polar surface area (TPSA) is 61.1 Å². The molecule has 0 aliphatic carbocycles. The Morgan fingerprint density at radius 2 is 1.77 bits per heavy atom. The minimum atomic E-state index is 0.680. The number of benzene rings is 1. The second-order valence-corrected chi connectivity index (χ2v) is 6.22. The molecule has 7 heteroatoms. The molecular weight excluding hydrogens is 332 g/mol. The van der Waals surface area contributed by atoms with Gasteiger partial charge >= 0.3 is 0 Å². The molecule has 136 valence electrons. The summed E-state index contributed by atoms with van der Waals surface area (Å²) in [7, 11) is 3.26. The van der Waals surface area contributed by atoms with Crippen LogP contribution in [-0.4, -0.2) is 55.1 Å². The number of hydrogen-bond donors (Lipinski definition) is 0. The maximum atomic E-state index is 5.47. The summed E-state index contributed by atoms with van der Waals surface area (Å²) in [6.07, 6.45) is 0. The van der Waals surface area contributed by atoms with E-state index in [1.807, 2.05) is 35.7 Å². The number of aryl methyl sites for hydroxylation is 1. The zero-order valence-electron chi connectivity index (χ0n) is 15.2. The largest absolute Gasteiger partial charge is 0.493 e. The lowest BCUT2D eigenvalue weighted by atomic mass is 10.1. The first-order valence-corrected chi connectivity index (χ1v) is 8.62. The number of hydrogen-bond acceptors (Lipinski definition) is 6. The predicted octanol–water partition coefficient (Wildman–Crippen LogP) is 2.56. The average molecular weight is 354 g/mol. The normalized spacial score (nSPS) is 14.7. The van der Waals surface area contributed by atoms with Gasteiger partial charge in [-0.3, -0.25) is 0 Å². The van der Waals surface area contributed by atoms with Crippen molar-refractivity contribution < 1.29 is 14.2 Å². The van der Waals surface area contributed by atoms with Crippen molar-refractivity contribution >= 4 is 11.5 Å². The molecule has 0 radical (unpaired) electrons. The van der Waals surface area contributed by atoms with E-state index >= 15 is 0 Å². The van der Waals surface area contributed by atoms with Crippen LogP contribution in [0.4, 0.5) is 5.82 Å². The van der Waals surface area contributed by atoms with E-state index in [1.54, 1.807) is 14.2 Å². The summed E-state index contributed by atoms with van der Waals surface area (Å²) in [6.45, 7) is 5.17. The number of morpholine rings is 1. The minimum Gasteiger partial charge on any atom is -0.493 e. The van der Waals surface area contributed by atoms with Crippen LogP contribution >= 0.6 is 0 Å². The highest BCUT2D eigenvalue weighted by molar-refractivity contribution is 5.68. The molecule has 1 aliphatic heterocycles. The number of rotatable bonds is 4. The molecule has 4 rings (SSSR count). The lowest BCUT2D eigenvalue weighted by molar-refractivity contribution is 0.122. The SMILES string of the molecule is COc1ccc(-c2cc3nc(C)cc(N4CCOCC4)n3n2)cc1OC. The van der Waals surface area contributed by atoms with Crippen molar-refractivity contribution in [2.24, 2.45) is 0 Å². The Morgan fingerprint density at radius 3 is 2.50 bits per heavy atom. The lowest BCUT2D eigenvalue weighted by Gasteiger charge is -2.29. The number of nitrogens with zero attached hydrogens (tertiary/aromatic N) is 4. The molecule has 0 unspecified atom stereocenters. The quantitative estimate of drug-likeness (QED) is 0.718. The van der Waals surface area contributed by atoms with Crippen LogP contribution in [-0.2, 0) is 4.74 Å². The van der Waals surface area contributed by atoms with E-state index in [1.165, 1.54) is 0 Å². The molecule has 2 aromatic heterocycles. The lowest BCUT2D eigenvalue weighted by Crippen LogP contribution is -2.37. The molecule has 1 fully saturated rings. The van der Waals surface area contributed by atoms with Gasteiger partial charge in [-0.25, -0.2) is 4.98 Å². The third kappa shape index (κ3) is 2.94. The van der Waals surface area contributed by atoms with Crippen LogP contribution in [0, 0.1) is 6.92 Å². The van der Waals surface area contributed by atoms with E-state index in [2.05, 4.69) is 16.0 Å². The van der Waals surface area contributed by atoms with Crippen LogP contribution in [0.1, 0.15) is 5.69 Å². The number of aromatic nitrogens is 3. The van der Waals surface area contributed by atoms with Gasteiger partial charge in [-0.15, -0.1) is 0 Å². The fraction of sp³-hybridized carbons (Fsp3) is 0.368. The molecule has 0 amide bonds. The summed E-state index contributed by atoms with van der Waals surface area (Å²) in [5.74, 6) is 2.42. The summed E-state index contributed by atoms with van der Waals surface area (Å²) in [5.41, 5.74) is 3.60. The molecule has 0 N–H and O–H groups in total. The van der Waals surface area contributed by atoms with E-state index < -0.39 is 0 Å². The van der Waals surface area contributed by atoms with Gasteiger partial charge in [0.25, 0.3) is 0 Å². The zero-order chi connectivity index (χ0) is 18.1. The zero-order valence-corrected chi connectivity index (χ0v) is 15.2. The van der Waals surface area contributed by atoms with Gasteiger partial charge in [-0.2, -0.15) is 9.61 Å². The second-order valence-electron chi connectivity index (χ2n) is 6.22. The highest BCUT2D eigenvalue weighted by Crippen LogP contribution is 2.32. The van der Waals surface area contributed by atoms with Crippen LogP contribution in [0.15, 0.2) is 30.3 Å². The molecular formula is C19H22N4O3. The first-order valence-electron chi connectivity index (χ1n) is 8.62. The fourth-order valence-corrected chi connectivity index (χ4v) is 3.23. The molecule has 3 heterocycles. The van der Waals surface area contributed by atoms with Gasteiger partial charge in [0.2, 0.25) is 0 Å². The Labute approximate surface area is 152 Å². The summed E-state index contributed by atoms with van der Waals surface area (Å²) < 4.78 is 18.1. The maximum absolute atomic E-state index is 5.47. The van der Waals surface area contributed by atoms with Gasteiger partial charge in [0.15, 0.2) is 17.1 Å². The highest BCUT2D eigenvalue weighted by Gasteiger charge is 2.18. The van der Waals surface area contributed by atoms with Crippen molar-refractivity contribution in [1.82, 2.24) is 14.6 Å². The van der Waals surface area contributed by atoms with E-state index in [-0.39, 0.29) is 0 Å². The van der Waals surface area contributed by atoms with Crippen molar-refractivity contribution in [3.8, 4) is 22.8 Å². The van der Waals surface area contributed by atoms with Gasteiger partial charge in [-0.1, -0.05) is 0 Å². The molecule has 0 bridgehead atoms. The third-order valence-corrected chi connectivity index (χ3v) is 4.55. The van der Waals surface area contributed by atoms with Gasteiger partial charge < -0.3 is 19.1 Å². The maximum Gasteiger partial charge on any atom is 0.161 e. The van der Waals surface area contributed by atoms with E-state index in [9.17, 15) is 0 Å². The van der Waals surface area contributed by atoms with Gasteiger partial charge in [0.05, 0.1) is 33.1 Å². The standard InChI is InChI=1S/C19H22N4O3/c1-13-10-19(22-6-8-26-9-7-22)23-18(20-13)12-15(21-23)14-4-5-16(24-2)17(11-14)25-3/h4-5,10-12H,6-9H2,1-3H3. The number of anilines is 1. The van der Waals surface area contributed by atoms with Crippen LogP contribution in [0.5, 0.6) is 11.5 Å². The van der Waals surface area contributed by atoms with Crippen LogP contribution in [0.25, 0.3) is 16.9 Å². The molecule has 3 aromatic rings. The monoisotopic (exact) mass is 354 g/mol. The highest BCUT2D eigenvalue weighted by atomic mass is 16.5. The first-order chi connectivity index (χ1) is 12.7. The number of ether oxygens (including phenoxy) is 3. The smallest absolute Gasteiger partial charge is 0.161 e. The molecule has 0 spiro atoms. The van der Waals surface area contributed by atoms with Crippen LogP contribution < -0.4 is 14.4 Å². The molecule has 0 atom stereocenters. The van der Waals surface area contributed by atoms with Gasteiger partial charge in [0, 0.05) is 36.5 Å². The molecule has 1 aromatic carbocycles. The van der Waals surface area contributed by atoms with Crippen molar-refractivity contribution in [2.75, 3.05) is 45.4 Å². The van der Waals surface area contributed by atoms with Crippen molar-refractivity contribution in [3.63, 3.8) is 0 Å². The Kier molecular flexibility index (Phi) is 4.38. The second kappa shape index (κ2) is 6.84. The summed E-state index contributed by atoms with van der Waals surface area (Å²) in [4.78, 5) is 6.93. The fourth-order valence-electron chi connectivity index (χ4n) is 3.23. The summed E-state index contributed by atoms with van der Waals surface area (Å²) in [5, 5.41) is 4.81. The third-order valence-electron chi connectivity index (χ3n) is 4.55. The van der Waals surface area contributed by atoms with E-state index in [4.69, 9.17) is 19.3 Å². The van der Waals surface area contributed by atoms with Crippen molar-refractivity contribution in [3.05, 3.63) is 36.0 Å². The molecule has 0 saturated carbocycles. The minimum absolute atomic E-state index is 0.680. The Bertz CT molecular complexity index is 932. The predicted molar refractivity (Wildman–Crippen MR) is 99.3 cm³/mol. The molecule has 1 saturated heterocycles. The molecule has 7 nitrogen and oxygen atoms in total. The molecule has 26 heavy (non-hydrogen) atoms. The van der Waals surface area contributed by atoms with E-state index in [0.29, 0.717) is 11.5 Å². The Balaban J connectivity index is 1.80. The Morgan fingerprint density at radius 1 is 1.00 bits per heavy atom. The number of fused-ring (bicyclic) bond motifs is 1. The first kappa shape index (κ1) is 16.7. The summed E-state index contributed by atoms with van der Waals surface area (Å²) >= 11 is 0. The van der Waals surface area contributed by atoms with E-state index in [0.717, 1.165) is 54.7 Å². The van der Waals surface area contributed by atoms with Crippen LogP contribution in [0.3, 0.4) is 0 Å². The molecule has 1 aliphatic rings.